The molecule has 6 nitrogen and oxygen atoms in total. The number of hydrogen-bond acceptors (Lipinski definition) is 3. The summed E-state index contributed by atoms with van der Waals surface area (Å²) in [6, 6.07) is 2.98. The highest BCUT2D eigenvalue weighted by Gasteiger charge is 2.12. The van der Waals surface area contributed by atoms with E-state index in [2.05, 4.69) is 0 Å². The Morgan fingerprint density at radius 3 is 2.55 bits per heavy atom. The molecule has 0 aliphatic carbocycles. The molecule has 2 aromatic heterocycles. The summed E-state index contributed by atoms with van der Waals surface area (Å²) < 4.78 is 4.17. The number of rotatable bonds is 5. The van der Waals surface area contributed by atoms with Crippen LogP contribution < -0.4 is 11.2 Å². The smallest absolute Gasteiger partial charge is 0.331 e. The van der Waals surface area contributed by atoms with Gasteiger partial charge in [-0.3, -0.25) is 14.2 Å². The van der Waals surface area contributed by atoms with E-state index >= 15 is 0 Å². The van der Waals surface area contributed by atoms with Crippen LogP contribution in [0.1, 0.15) is 23.7 Å². The second-order valence-corrected chi connectivity index (χ2v) is 4.70. The SMILES string of the molecule is CCCn1ccc(=O)n(CC(=O)c2ccn(C)c2)c1=O. The van der Waals surface area contributed by atoms with Crippen LogP contribution in [-0.4, -0.2) is 19.5 Å². The summed E-state index contributed by atoms with van der Waals surface area (Å²) in [5.74, 6) is -0.251. The van der Waals surface area contributed by atoms with Crippen LogP contribution in [0.4, 0.5) is 0 Å². The summed E-state index contributed by atoms with van der Waals surface area (Å²) in [4.78, 5) is 36.0. The predicted molar refractivity (Wildman–Crippen MR) is 75.0 cm³/mol. The van der Waals surface area contributed by atoms with E-state index in [0.29, 0.717) is 12.1 Å². The van der Waals surface area contributed by atoms with Crippen LogP contribution in [0.5, 0.6) is 0 Å². The molecule has 2 heterocycles. The van der Waals surface area contributed by atoms with E-state index in [9.17, 15) is 14.4 Å². The van der Waals surface area contributed by atoms with Gasteiger partial charge in [-0.25, -0.2) is 4.79 Å². The third-order valence-corrected chi connectivity index (χ3v) is 3.06. The van der Waals surface area contributed by atoms with Gasteiger partial charge in [-0.1, -0.05) is 6.92 Å². The maximum Gasteiger partial charge on any atom is 0.331 e. The topological polar surface area (TPSA) is 66.0 Å². The van der Waals surface area contributed by atoms with Gasteiger partial charge in [0, 0.05) is 43.8 Å². The molecule has 0 fully saturated rings. The van der Waals surface area contributed by atoms with Crippen molar-refractivity contribution < 1.29 is 4.79 Å². The Bertz CT molecular complexity index is 737. The highest BCUT2D eigenvalue weighted by atomic mass is 16.2. The molecule has 0 aliphatic rings. The average Bonchev–Trinajstić information content (AvgIpc) is 2.84. The maximum atomic E-state index is 12.1. The fraction of sp³-hybridized carbons (Fsp3) is 0.357. The summed E-state index contributed by atoms with van der Waals surface area (Å²) in [5, 5.41) is 0. The molecule has 0 aliphatic heterocycles. The highest BCUT2D eigenvalue weighted by Crippen LogP contribution is 2.01. The Morgan fingerprint density at radius 1 is 1.20 bits per heavy atom. The van der Waals surface area contributed by atoms with E-state index in [0.717, 1.165) is 11.0 Å². The van der Waals surface area contributed by atoms with Crippen LogP contribution in [0.2, 0.25) is 0 Å². The molecule has 20 heavy (non-hydrogen) atoms. The van der Waals surface area contributed by atoms with E-state index in [4.69, 9.17) is 0 Å². The molecule has 0 spiro atoms. The Balaban J connectivity index is 2.34. The first-order valence-electron chi connectivity index (χ1n) is 6.48. The lowest BCUT2D eigenvalue weighted by Crippen LogP contribution is -2.40. The molecule has 2 rings (SSSR count). The summed E-state index contributed by atoms with van der Waals surface area (Å²) in [7, 11) is 1.81. The molecule has 0 saturated carbocycles. The molecular formula is C14H17N3O3. The van der Waals surface area contributed by atoms with Crippen molar-refractivity contribution >= 4 is 5.78 Å². The summed E-state index contributed by atoms with van der Waals surface area (Å²) in [6.45, 7) is 2.24. The standard InChI is InChI=1S/C14H17N3O3/c1-3-6-16-8-5-13(19)17(14(16)20)10-12(18)11-4-7-15(2)9-11/h4-5,7-9H,3,6,10H2,1-2H3. The molecule has 0 saturated heterocycles. The molecular weight excluding hydrogens is 258 g/mol. The average molecular weight is 275 g/mol. The zero-order chi connectivity index (χ0) is 14.7. The van der Waals surface area contributed by atoms with Crippen molar-refractivity contribution in [2.24, 2.45) is 7.05 Å². The van der Waals surface area contributed by atoms with Crippen LogP contribution >= 0.6 is 0 Å². The first kappa shape index (κ1) is 14.0. The van der Waals surface area contributed by atoms with Gasteiger partial charge in [0.05, 0.1) is 6.54 Å². The summed E-state index contributed by atoms with van der Waals surface area (Å²) >= 11 is 0. The minimum absolute atomic E-state index is 0.230. The third-order valence-electron chi connectivity index (χ3n) is 3.06. The molecule has 0 unspecified atom stereocenters. The molecule has 0 radical (unpaired) electrons. The number of carbonyl (C=O) groups is 1. The van der Waals surface area contributed by atoms with Crippen molar-refractivity contribution in [1.82, 2.24) is 13.7 Å². The van der Waals surface area contributed by atoms with Gasteiger partial charge in [0.1, 0.15) is 0 Å². The van der Waals surface area contributed by atoms with Gasteiger partial charge in [0.2, 0.25) is 0 Å². The number of aryl methyl sites for hydroxylation is 2. The monoisotopic (exact) mass is 275 g/mol. The second-order valence-electron chi connectivity index (χ2n) is 4.70. The number of ketones is 1. The molecule has 0 aromatic carbocycles. The maximum absolute atomic E-state index is 12.1. The molecule has 0 N–H and O–H groups in total. The van der Waals surface area contributed by atoms with Crippen LogP contribution in [-0.2, 0) is 20.1 Å². The van der Waals surface area contributed by atoms with Crippen LogP contribution in [0.15, 0.2) is 40.3 Å². The minimum Gasteiger partial charge on any atom is -0.357 e. The lowest BCUT2D eigenvalue weighted by atomic mass is 10.2. The number of Topliss-reactive ketones (excluding diaryl/α,β-unsaturated/α-hetero) is 1. The van der Waals surface area contributed by atoms with Crippen molar-refractivity contribution in [2.45, 2.75) is 26.4 Å². The van der Waals surface area contributed by atoms with Crippen LogP contribution in [0.3, 0.4) is 0 Å². The molecule has 2 aromatic rings. The van der Waals surface area contributed by atoms with E-state index in [1.54, 1.807) is 30.1 Å². The fourth-order valence-corrected chi connectivity index (χ4v) is 2.02. The number of carbonyl (C=O) groups excluding carboxylic acids is 1. The highest BCUT2D eigenvalue weighted by molar-refractivity contribution is 5.95. The van der Waals surface area contributed by atoms with E-state index < -0.39 is 11.2 Å². The van der Waals surface area contributed by atoms with Gasteiger partial charge in [-0.15, -0.1) is 0 Å². The first-order chi connectivity index (χ1) is 9.52. The summed E-state index contributed by atoms with van der Waals surface area (Å²) in [6.07, 6.45) is 5.67. The van der Waals surface area contributed by atoms with Crippen molar-refractivity contribution in [2.75, 3.05) is 0 Å². The van der Waals surface area contributed by atoms with Crippen molar-refractivity contribution in [3.63, 3.8) is 0 Å². The normalized spacial score (nSPS) is 10.7. The van der Waals surface area contributed by atoms with Gasteiger partial charge in [0.15, 0.2) is 5.78 Å². The zero-order valence-electron chi connectivity index (χ0n) is 11.6. The molecule has 6 heteroatoms. The fourth-order valence-electron chi connectivity index (χ4n) is 2.02. The first-order valence-corrected chi connectivity index (χ1v) is 6.48. The van der Waals surface area contributed by atoms with Gasteiger partial charge in [0.25, 0.3) is 5.56 Å². The number of nitrogens with zero attached hydrogens (tertiary/aromatic N) is 3. The molecule has 106 valence electrons. The van der Waals surface area contributed by atoms with Gasteiger partial charge < -0.3 is 9.13 Å². The molecule has 0 bridgehead atoms. The van der Waals surface area contributed by atoms with Crippen molar-refractivity contribution in [3.05, 3.63) is 57.1 Å². The van der Waals surface area contributed by atoms with Crippen molar-refractivity contribution in [3.8, 4) is 0 Å². The molecule has 0 atom stereocenters. The largest absolute Gasteiger partial charge is 0.357 e. The minimum atomic E-state index is -0.452. The number of hydrogen-bond donors (Lipinski definition) is 0. The zero-order valence-corrected chi connectivity index (χ0v) is 11.6. The predicted octanol–water partition coefficient (Wildman–Crippen LogP) is 0.641. The van der Waals surface area contributed by atoms with E-state index in [1.807, 2.05) is 6.92 Å². The Labute approximate surface area is 115 Å². The van der Waals surface area contributed by atoms with Crippen LogP contribution in [0, 0.1) is 0 Å². The van der Waals surface area contributed by atoms with Gasteiger partial charge in [-0.2, -0.15) is 0 Å². The Kier molecular flexibility index (Phi) is 4.02. The van der Waals surface area contributed by atoms with Crippen LogP contribution in [0.25, 0.3) is 0 Å². The third kappa shape index (κ3) is 2.79. The Hall–Kier alpha value is -2.37. The molecule has 0 amide bonds. The second kappa shape index (κ2) is 5.73. The van der Waals surface area contributed by atoms with E-state index in [-0.39, 0.29) is 12.3 Å². The lowest BCUT2D eigenvalue weighted by Gasteiger charge is -2.07. The Morgan fingerprint density at radius 2 is 1.95 bits per heavy atom. The van der Waals surface area contributed by atoms with E-state index in [1.165, 1.54) is 16.8 Å². The van der Waals surface area contributed by atoms with Gasteiger partial charge >= 0.3 is 5.69 Å². The summed E-state index contributed by atoms with van der Waals surface area (Å²) in [5.41, 5.74) is -0.403. The van der Waals surface area contributed by atoms with Crippen molar-refractivity contribution in [1.29, 1.82) is 0 Å². The number of aromatic nitrogens is 3. The quantitative estimate of drug-likeness (QED) is 0.752. The lowest BCUT2D eigenvalue weighted by molar-refractivity contribution is 0.0968. The van der Waals surface area contributed by atoms with Gasteiger partial charge in [-0.05, 0) is 12.5 Å².